The molecule has 0 unspecified atom stereocenters. The molecule has 0 bridgehead atoms. The zero-order valence-electron chi connectivity index (χ0n) is 13.7. The van der Waals surface area contributed by atoms with Gasteiger partial charge >= 0.3 is 0 Å². The quantitative estimate of drug-likeness (QED) is 0.719. The van der Waals surface area contributed by atoms with Crippen LogP contribution in [-0.4, -0.2) is 11.9 Å². The molecule has 0 radical (unpaired) electrons. The second kappa shape index (κ2) is 4.36. The Balaban J connectivity index is 1.73. The number of fused-ring (bicyclic) bond motifs is 5. The third-order valence-corrected chi connectivity index (χ3v) is 7.84. The van der Waals surface area contributed by atoms with E-state index in [0.29, 0.717) is 11.5 Å². The lowest BCUT2D eigenvalue weighted by molar-refractivity contribution is -0.124. The van der Waals surface area contributed by atoms with Crippen molar-refractivity contribution in [3.05, 3.63) is 12.2 Å². The summed E-state index contributed by atoms with van der Waals surface area (Å²) in [5.74, 6) is 3.42. The van der Waals surface area contributed by atoms with Gasteiger partial charge in [-0.15, -0.1) is 0 Å². The largest absolute Gasteiger partial charge is 0.349 e. The minimum atomic E-state index is 0.115. The van der Waals surface area contributed by atoms with Crippen LogP contribution in [-0.2, 0) is 4.79 Å². The van der Waals surface area contributed by atoms with Crippen molar-refractivity contribution in [2.24, 2.45) is 34.5 Å². The van der Waals surface area contributed by atoms with Gasteiger partial charge in [-0.2, -0.15) is 0 Å². The molecule has 0 aromatic carbocycles. The van der Waals surface area contributed by atoms with Gasteiger partial charge in [-0.1, -0.05) is 33.3 Å². The Morgan fingerprint density at radius 1 is 1.19 bits per heavy atom. The molecule has 0 spiro atoms. The highest BCUT2D eigenvalue weighted by Crippen LogP contribution is 2.64. The van der Waals surface area contributed by atoms with Gasteiger partial charge in [-0.05, 0) is 67.3 Å². The minimum absolute atomic E-state index is 0.115. The number of nitrogens with one attached hydrogen (secondary N) is 1. The number of hydrogen-bond acceptors (Lipinski definition) is 1. The molecule has 2 nitrogen and oxygen atoms in total. The van der Waals surface area contributed by atoms with Gasteiger partial charge in [-0.3, -0.25) is 4.79 Å². The summed E-state index contributed by atoms with van der Waals surface area (Å²) in [4.78, 5) is 11.8. The van der Waals surface area contributed by atoms with Gasteiger partial charge < -0.3 is 5.32 Å². The maximum absolute atomic E-state index is 11.8. The molecular weight excluding hydrogens is 258 g/mol. The van der Waals surface area contributed by atoms with Crippen molar-refractivity contribution in [2.75, 3.05) is 0 Å². The zero-order valence-corrected chi connectivity index (χ0v) is 13.7. The van der Waals surface area contributed by atoms with Crippen LogP contribution in [0.4, 0.5) is 0 Å². The fourth-order valence-corrected chi connectivity index (χ4v) is 6.67. The van der Waals surface area contributed by atoms with E-state index >= 15 is 0 Å². The minimum Gasteiger partial charge on any atom is -0.349 e. The summed E-state index contributed by atoms with van der Waals surface area (Å²) in [5, 5.41) is 3.27. The van der Waals surface area contributed by atoms with E-state index in [0.717, 1.165) is 23.7 Å². The second-order valence-corrected chi connectivity index (χ2v) is 8.85. The lowest BCUT2D eigenvalue weighted by atomic mass is 9.46. The molecule has 1 heterocycles. The van der Waals surface area contributed by atoms with E-state index in [1.54, 1.807) is 6.08 Å². The van der Waals surface area contributed by atoms with Crippen LogP contribution in [0.1, 0.15) is 59.3 Å². The fourth-order valence-electron chi connectivity index (χ4n) is 6.67. The molecule has 3 aliphatic carbocycles. The highest BCUT2D eigenvalue weighted by Gasteiger charge is 2.59. The van der Waals surface area contributed by atoms with Crippen LogP contribution in [0.3, 0.4) is 0 Å². The Bertz CT molecular complexity index is 498. The van der Waals surface area contributed by atoms with E-state index in [4.69, 9.17) is 0 Å². The first kappa shape index (κ1) is 13.8. The lowest BCUT2D eigenvalue weighted by Crippen LogP contribution is -2.61. The SMILES string of the molecule is C[C@H]1C[C@H]2NC(=O)C=C[C@]2(C)[C@H]2CC[C@]3(C)CCC[C@H]3[C@H]12. The lowest BCUT2D eigenvalue weighted by Gasteiger charge is -2.60. The van der Waals surface area contributed by atoms with Crippen LogP contribution in [0.2, 0.25) is 0 Å². The van der Waals surface area contributed by atoms with Crippen LogP contribution in [0.5, 0.6) is 0 Å². The van der Waals surface area contributed by atoms with Crippen LogP contribution < -0.4 is 5.32 Å². The molecule has 7 atom stereocenters. The average molecular weight is 287 g/mol. The summed E-state index contributed by atoms with van der Waals surface area (Å²) in [5.41, 5.74) is 0.801. The third kappa shape index (κ3) is 1.80. The molecule has 0 saturated heterocycles. The maximum Gasteiger partial charge on any atom is 0.243 e. The standard InChI is InChI=1S/C19H29NO/c1-12-11-15-19(3,10-7-16(21)20-15)14-6-9-18(2)8-4-5-13(18)17(12)14/h7,10,12-15,17H,4-6,8-9,11H2,1-3H3,(H,20,21)/t12-,13-,14-,15+,17-,18-,19+/m0/s1. The van der Waals surface area contributed by atoms with Crippen molar-refractivity contribution in [1.82, 2.24) is 5.32 Å². The highest BCUT2D eigenvalue weighted by molar-refractivity contribution is 5.89. The molecule has 2 heteroatoms. The molecule has 0 aromatic rings. The Morgan fingerprint density at radius 2 is 2.00 bits per heavy atom. The van der Waals surface area contributed by atoms with E-state index in [2.05, 4.69) is 32.2 Å². The van der Waals surface area contributed by atoms with Gasteiger partial charge in [0, 0.05) is 11.5 Å². The van der Waals surface area contributed by atoms with Gasteiger partial charge in [0.15, 0.2) is 0 Å². The zero-order chi connectivity index (χ0) is 14.8. The molecule has 3 fully saturated rings. The van der Waals surface area contributed by atoms with Crippen LogP contribution in [0.15, 0.2) is 12.2 Å². The van der Waals surface area contributed by atoms with Crippen molar-refractivity contribution >= 4 is 5.91 Å². The van der Waals surface area contributed by atoms with Crippen LogP contribution in [0, 0.1) is 34.5 Å². The summed E-state index contributed by atoms with van der Waals surface area (Å²) in [6.45, 7) is 7.42. The Morgan fingerprint density at radius 3 is 2.81 bits per heavy atom. The molecule has 21 heavy (non-hydrogen) atoms. The van der Waals surface area contributed by atoms with Crippen molar-refractivity contribution in [3.63, 3.8) is 0 Å². The number of carbonyl (C=O) groups is 1. The van der Waals surface area contributed by atoms with E-state index in [9.17, 15) is 4.79 Å². The van der Waals surface area contributed by atoms with Gasteiger partial charge in [0.1, 0.15) is 0 Å². The predicted molar refractivity (Wildman–Crippen MR) is 84.6 cm³/mol. The normalized spacial score (nSPS) is 55.4. The summed E-state index contributed by atoms with van der Waals surface area (Å²) in [6.07, 6.45) is 12.3. The molecule has 1 aliphatic heterocycles. The summed E-state index contributed by atoms with van der Waals surface area (Å²) >= 11 is 0. The van der Waals surface area contributed by atoms with Crippen LogP contribution in [0.25, 0.3) is 0 Å². The van der Waals surface area contributed by atoms with E-state index in [-0.39, 0.29) is 11.3 Å². The van der Waals surface area contributed by atoms with Crippen molar-refractivity contribution < 1.29 is 4.79 Å². The summed E-state index contributed by atoms with van der Waals surface area (Å²) < 4.78 is 0. The van der Waals surface area contributed by atoms with Gasteiger partial charge in [-0.25, -0.2) is 0 Å². The van der Waals surface area contributed by atoms with Gasteiger partial charge in [0.05, 0.1) is 0 Å². The first-order valence-electron chi connectivity index (χ1n) is 8.94. The van der Waals surface area contributed by atoms with E-state index in [1.807, 2.05) is 0 Å². The van der Waals surface area contributed by atoms with Crippen LogP contribution >= 0.6 is 0 Å². The van der Waals surface area contributed by atoms with Gasteiger partial charge in [0.25, 0.3) is 0 Å². The Kier molecular flexibility index (Phi) is 2.88. The summed E-state index contributed by atoms with van der Waals surface area (Å²) in [6, 6.07) is 0.358. The van der Waals surface area contributed by atoms with Gasteiger partial charge in [0.2, 0.25) is 5.91 Å². The van der Waals surface area contributed by atoms with Crippen molar-refractivity contribution in [3.8, 4) is 0 Å². The third-order valence-electron chi connectivity index (χ3n) is 7.84. The topological polar surface area (TPSA) is 29.1 Å². The monoisotopic (exact) mass is 287 g/mol. The first-order chi connectivity index (χ1) is 9.94. The fraction of sp³-hybridized carbons (Fsp3) is 0.842. The molecule has 3 saturated carbocycles. The number of amides is 1. The van der Waals surface area contributed by atoms with E-state index < -0.39 is 0 Å². The second-order valence-electron chi connectivity index (χ2n) is 8.85. The maximum atomic E-state index is 11.8. The van der Waals surface area contributed by atoms with Crippen molar-refractivity contribution in [2.45, 2.75) is 65.3 Å². The molecule has 4 rings (SSSR count). The Labute approximate surface area is 128 Å². The first-order valence-corrected chi connectivity index (χ1v) is 8.94. The highest BCUT2D eigenvalue weighted by atomic mass is 16.1. The Hall–Kier alpha value is -0.790. The molecule has 1 amide bonds. The number of rotatable bonds is 0. The summed E-state index contributed by atoms with van der Waals surface area (Å²) in [7, 11) is 0. The molecule has 4 aliphatic rings. The molecule has 116 valence electrons. The smallest absolute Gasteiger partial charge is 0.243 e. The molecule has 0 aromatic heterocycles. The number of carbonyl (C=O) groups excluding carboxylic acids is 1. The predicted octanol–water partition coefficient (Wildman–Crippen LogP) is 3.92. The van der Waals surface area contributed by atoms with E-state index in [1.165, 1.54) is 38.5 Å². The molecular formula is C19H29NO. The van der Waals surface area contributed by atoms with Crippen molar-refractivity contribution in [1.29, 1.82) is 0 Å². The number of hydrogen-bond donors (Lipinski definition) is 1. The molecule has 1 N–H and O–H groups in total. The average Bonchev–Trinajstić information content (AvgIpc) is 2.82.